The molecular formula is C18H21N3O5. The van der Waals surface area contributed by atoms with E-state index in [0.29, 0.717) is 30.6 Å². The van der Waals surface area contributed by atoms with Crippen LogP contribution in [-0.4, -0.2) is 38.0 Å². The summed E-state index contributed by atoms with van der Waals surface area (Å²) < 4.78 is 0. The van der Waals surface area contributed by atoms with Gasteiger partial charge >= 0.3 is 11.9 Å². The first-order valence-electron chi connectivity index (χ1n) is 8.05. The Bertz CT molecular complexity index is 676. The summed E-state index contributed by atoms with van der Waals surface area (Å²) in [6.07, 6.45) is 6.88. The minimum atomic E-state index is -0.819. The fraction of sp³-hybridized carbons (Fsp3) is 0.278. The van der Waals surface area contributed by atoms with E-state index in [1.165, 1.54) is 0 Å². The Morgan fingerprint density at radius 1 is 0.846 bits per heavy atom. The molecule has 138 valence electrons. The number of carbonyl (C=O) groups is 3. The number of aliphatic carboxylic acids is 2. The highest BCUT2D eigenvalue weighted by atomic mass is 16.4. The fourth-order valence-electron chi connectivity index (χ4n) is 1.86. The molecule has 8 heteroatoms. The van der Waals surface area contributed by atoms with Crippen LogP contribution in [-0.2, 0) is 9.59 Å². The van der Waals surface area contributed by atoms with Gasteiger partial charge in [-0.15, -0.1) is 0 Å². The Morgan fingerprint density at radius 3 is 1.96 bits per heavy atom. The van der Waals surface area contributed by atoms with Gasteiger partial charge < -0.3 is 15.5 Å². The van der Waals surface area contributed by atoms with Crippen LogP contribution in [0.3, 0.4) is 0 Å². The molecular weight excluding hydrogens is 338 g/mol. The molecule has 0 spiro atoms. The first-order chi connectivity index (χ1) is 12.5. The minimum Gasteiger partial charge on any atom is -0.481 e. The van der Waals surface area contributed by atoms with Gasteiger partial charge in [0.15, 0.2) is 0 Å². The molecule has 3 N–H and O–H groups in total. The van der Waals surface area contributed by atoms with Gasteiger partial charge in [-0.05, 0) is 37.1 Å². The lowest BCUT2D eigenvalue weighted by molar-refractivity contribution is -0.137. The molecule has 0 bridgehead atoms. The molecule has 2 aromatic heterocycles. The van der Waals surface area contributed by atoms with E-state index in [2.05, 4.69) is 15.3 Å². The Labute approximate surface area is 150 Å². The summed E-state index contributed by atoms with van der Waals surface area (Å²) in [5.74, 6) is -1.28. The van der Waals surface area contributed by atoms with Crippen molar-refractivity contribution in [3.8, 4) is 0 Å². The van der Waals surface area contributed by atoms with Crippen LogP contribution in [0.1, 0.15) is 42.5 Å². The molecule has 0 radical (unpaired) electrons. The number of amides is 1. The Kier molecular flexibility index (Phi) is 9.68. The number of carboxylic acid groups (broad SMARTS) is 2. The lowest BCUT2D eigenvalue weighted by Gasteiger charge is -2.02. The highest BCUT2D eigenvalue weighted by Gasteiger charge is 2.04. The molecule has 2 heterocycles. The number of anilines is 1. The number of nitrogens with zero attached hydrogens (tertiary/aromatic N) is 2. The monoisotopic (exact) mass is 359 g/mol. The molecule has 0 atom stereocenters. The lowest BCUT2D eigenvalue weighted by Crippen LogP contribution is -2.12. The Morgan fingerprint density at radius 2 is 1.46 bits per heavy atom. The van der Waals surface area contributed by atoms with Crippen molar-refractivity contribution in [2.24, 2.45) is 0 Å². The number of aromatic nitrogens is 2. The summed E-state index contributed by atoms with van der Waals surface area (Å²) >= 11 is 0. The normalized spacial score (nSPS) is 9.54. The third-order valence-electron chi connectivity index (χ3n) is 3.13. The van der Waals surface area contributed by atoms with Crippen LogP contribution in [0.5, 0.6) is 0 Å². The van der Waals surface area contributed by atoms with Crippen molar-refractivity contribution < 1.29 is 24.6 Å². The first kappa shape index (κ1) is 20.8. The van der Waals surface area contributed by atoms with Crippen molar-refractivity contribution in [2.45, 2.75) is 32.1 Å². The lowest BCUT2D eigenvalue weighted by atomic mass is 10.1. The number of nitrogens with one attached hydrogen (secondary N) is 1. The van der Waals surface area contributed by atoms with E-state index in [4.69, 9.17) is 10.2 Å². The summed E-state index contributed by atoms with van der Waals surface area (Å²) in [6, 6.07) is 8.65. The van der Waals surface area contributed by atoms with Gasteiger partial charge in [0, 0.05) is 37.0 Å². The summed E-state index contributed by atoms with van der Waals surface area (Å²) in [5.41, 5.74) is 0.565. The second kappa shape index (κ2) is 12.1. The first-order valence-corrected chi connectivity index (χ1v) is 8.05. The zero-order valence-electron chi connectivity index (χ0n) is 14.2. The van der Waals surface area contributed by atoms with Crippen molar-refractivity contribution in [2.75, 3.05) is 5.32 Å². The molecule has 26 heavy (non-hydrogen) atoms. The van der Waals surface area contributed by atoms with Crippen molar-refractivity contribution in [1.29, 1.82) is 0 Å². The molecule has 0 unspecified atom stereocenters. The molecule has 0 aliphatic heterocycles. The van der Waals surface area contributed by atoms with Crippen LogP contribution in [0.2, 0.25) is 0 Å². The average molecular weight is 359 g/mol. The number of unbranched alkanes of at least 4 members (excludes halogenated alkanes) is 2. The zero-order chi connectivity index (χ0) is 19.2. The van der Waals surface area contributed by atoms with Crippen molar-refractivity contribution in [3.63, 3.8) is 0 Å². The van der Waals surface area contributed by atoms with Gasteiger partial charge in [0.25, 0.3) is 5.91 Å². The smallest absolute Gasteiger partial charge is 0.303 e. The van der Waals surface area contributed by atoms with E-state index in [1.54, 1.807) is 42.9 Å². The van der Waals surface area contributed by atoms with Crippen LogP contribution < -0.4 is 5.32 Å². The quantitative estimate of drug-likeness (QED) is 0.618. The van der Waals surface area contributed by atoms with E-state index >= 15 is 0 Å². The molecule has 0 aliphatic rings. The SMILES string of the molecule is O=C(Nc1ccccn1)c1ccncc1.O=C(O)CCCCCC(=O)O. The van der Waals surface area contributed by atoms with E-state index < -0.39 is 11.9 Å². The van der Waals surface area contributed by atoms with E-state index in [9.17, 15) is 14.4 Å². The molecule has 0 saturated carbocycles. The van der Waals surface area contributed by atoms with Crippen LogP contribution in [0.15, 0.2) is 48.9 Å². The van der Waals surface area contributed by atoms with Crippen molar-refractivity contribution >= 4 is 23.7 Å². The van der Waals surface area contributed by atoms with Gasteiger partial charge in [-0.25, -0.2) is 4.98 Å². The maximum atomic E-state index is 11.6. The highest BCUT2D eigenvalue weighted by Crippen LogP contribution is 2.04. The summed E-state index contributed by atoms with van der Waals surface area (Å²) in [7, 11) is 0. The third-order valence-corrected chi connectivity index (χ3v) is 3.13. The maximum absolute atomic E-state index is 11.6. The van der Waals surface area contributed by atoms with Crippen LogP contribution in [0.4, 0.5) is 5.82 Å². The number of hydrogen-bond acceptors (Lipinski definition) is 5. The summed E-state index contributed by atoms with van der Waals surface area (Å²) in [6.45, 7) is 0. The van der Waals surface area contributed by atoms with Gasteiger partial charge in [-0.1, -0.05) is 12.5 Å². The van der Waals surface area contributed by atoms with Crippen LogP contribution in [0.25, 0.3) is 0 Å². The van der Waals surface area contributed by atoms with E-state index in [1.807, 2.05) is 6.07 Å². The second-order valence-electron chi connectivity index (χ2n) is 5.25. The van der Waals surface area contributed by atoms with Gasteiger partial charge in [0.2, 0.25) is 0 Å². The maximum Gasteiger partial charge on any atom is 0.303 e. The third kappa shape index (κ3) is 9.76. The average Bonchev–Trinajstić information content (AvgIpc) is 2.63. The number of carbonyl (C=O) groups excluding carboxylic acids is 1. The fourth-order valence-corrected chi connectivity index (χ4v) is 1.86. The predicted molar refractivity (Wildman–Crippen MR) is 94.8 cm³/mol. The van der Waals surface area contributed by atoms with Crippen molar-refractivity contribution in [3.05, 3.63) is 54.5 Å². The van der Waals surface area contributed by atoms with E-state index in [0.717, 1.165) is 0 Å². The molecule has 2 rings (SSSR count). The minimum absolute atomic E-state index is 0.139. The standard InChI is InChI=1S/C11H9N3O.C7H12O4/c15-11(9-4-7-12-8-5-9)14-10-3-1-2-6-13-10;8-6(9)4-2-1-3-5-7(10)11/h1-8H,(H,13,14,15);1-5H2,(H,8,9)(H,10,11). The summed E-state index contributed by atoms with van der Waals surface area (Å²) in [4.78, 5) is 39.4. The summed E-state index contributed by atoms with van der Waals surface area (Å²) in [5, 5.41) is 19.1. The number of rotatable bonds is 8. The molecule has 0 aromatic carbocycles. The van der Waals surface area contributed by atoms with Crippen molar-refractivity contribution in [1.82, 2.24) is 9.97 Å². The van der Waals surface area contributed by atoms with Gasteiger partial charge in [-0.2, -0.15) is 0 Å². The predicted octanol–water partition coefficient (Wildman–Crippen LogP) is 2.84. The van der Waals surface area contributed by atoms with Gasteiger partial charge in [-0.3, -0.25) is 19.4 Å². The largest absolute Gasteiger partial charge is 0.481 e. The van der Waals surface area contributed by atoms with Gasteiger partial charge in [0.05, 0.1) is 0 Å². The molecule has 0 saturated heterocycles. The highest BCUT2D eigenvalue weighted by molar-refractivity contribution is 6.03. The molecule has 1 amide bonds. The molecule has 0 aliphatic carbocycles. The van der Waals surface area contributed by atoms with Crippen LogP contribution in [0, 0.1) is 0 Å². The van der Waals surface area contributed by atoms with E-state index in [-0.39, 0.29) is 18.7 Å². The van der Waals surface area contributed by atoms with Crippen LogP contribution >= 0.6 is 0 Å². The second-order valence-corrected chi connectivity index (χ2v) is 5.25. The Hall–Kier alpha value is -3.29. The number of carboxylic acids is 2. The number of pyridine rings is 2. The molecule has 8 nitrogen and oxygen atoms in total. The van der Waals surface area contributed by atoms with Gasteiger partial charge in [0.1, 0.15) is 5.82 Å². The topological polar surface area (TPSA) is 129 Å². The molecule has 2 aromatic rings. The molecule has 0 fully saturated rings. The zero-order valence-corrected chi connectivity index (χ0v) is 14.2. The number of hydrogen-bond donors (Lipinski definition) is 3. The Balaban J connectivity index is 0.000000276.